The van der Waals surface area contributed by atoms with Gasteiger partial charge in [0.1, 0.15) is 6.04 Å². The van der Waals surface area contributed by atoms with Gasteiger partial charge in [0.15, 0.2) is 0 Å². The van der Waals surface area contributed by atoms with Crippen molar-refractivity contribution in [2.24, 2.45) is 0 Å². The molecule has 2 bridgehead atoms. The van der Waals surface area contributed by atoms with Crippen LogP contribution in [-0.2, 0) is 19.5 Å². The fourth-order valence-electron chi connectivity index (χ4n) is 3.12. The number of urea groups is 1. The second-order valence-electron chi connectivity index (χ2n) is 5.76. The number of carbonyl (C=O) groups excluding carboxylic acids is 2. The molecule has 2 atom stereocenters. The largest absolute Gasteiger partial charge is 0.418 e. The van der Waals surface area contributed by atoms with Crippen LogP contribution < -0.4 is 10.7 Å². The number of nitrogens with one attached hydrogen (secondary N) is 2. The fraction of sp³-hybridized carbons (Fsp3) is 0.818. The van der Waals surface area contributed by atoms with Gasteiger partial charge in [-0.25, -0.2) is 9.80 Å². The van der Waals surface area contributed by atoms with Gasteiger partial charge in [-0.2, -0.15) is 13.5 Å². The van der Waals surface area contributed by atoms with Gasteiger partial charge in [0, 0.05) is 13.1 Å². The molecule has 3 fully saturated rings. The van der Waals surface area contributed by atoms with E-state index in [0.29, 0.717) is 24.6 Å². The van der Waals surface area contributed by atoms with Crippen molar-refractivity contribution < 1.29 is 26.8 Å². The maximum Gasteiger partial charge on any atom is 0.418 e. The first-order chi connectivity index (χ1) is 10.8. The summed E-state index contributed by atoms with van der Waals surface area (Å²) in [5, 5.41) is 5.50. The van der Waals surface area contributed by atoms with Gasteiger partial charge in [0.05, 0.1) is 12.7 Å². The minimum Gasteiger partial charge on any atom is -0.309 e. The van der Waals surface area contributed by atoms with E-state index >= 15 is 0 Å². The third kappa shape index (κ3) is 3.55. The van der Waals surface area contributed by atoms with Gasteiger partial charge in [-0.1, -0.05) is 0 Å². The standard InChI is InChI=1S/C11H19N5O6S/c17-10(13-14-5-1-4-12-7-14)9-3-2-8-6-15(9)11(18)16(8)22-23(19,20)21/h8-9,12H,1-7H2,(H,13,17)(H,19,20,21)/t8?,9-/m0/s1. The Morgan fingerprint density at radius 1 is 1.39 bits per heavy atom. The Labute approximate surface area is 133 Å². The van der Waals surface area contributed by atoms with E-state index in [1.807, 2.05) is 0 Å². The van der Waals surface area contributed by atoms with Crippen LogP contribution in [0.1, 0.15) is 19.3 Å². The topological polar surface area (TPSA) is 132 Å². The number of fused-ring (bicyclic) bond motifs is 2. The molecule has 11 nitrogen and oxygen atoms in total. The Balaban J connectivity index is 1.64. The molecule has 0 saturated carbocycles. The lowest BCUT2D eigenvalue weighted by Gasteiger charge is -2.33. The van der Waals surface area contributed by atoms with Gasteiger partial charge in [-0.05, 0) is 25.8 Å². The number of nitrogens with zero attached hydrogens (tertiary/aromatic N) is 3. The SMILES string of the molecule is O=C(NN1CCCNC1)[C@@H]1CCC2CN1C(=O)N2OS(=O)(=O)O. The molecular weight excluding hydrogens is 330 g/mol. The maximum absolute atomic E-state index is 12.4. The second kappa shape index (κ2) is 6.20. The van der Waals surface area contributed by atoms with Crippen LogP contribution in [0, 0.1) is 0 Å². The van der Waals surface area contributed by atoms with E-state index in [9.17, 15) is 18.0 Å². The highest BCUT2D eigenvalue weighted by molar-refractivity contribution is 7.80. The molecule has 3 rings (SSSR count). The molecule has 130 valence electrons. The summed E-state index contributed by atoms with van der Waals surface area (Å²) in [5.74, 6) is -0.311. The lowest BCUT2D eigenvalue weighted by molar-refractivity contribution is -0.131. The second-order valence-corrected chi connectivity index (χ2v) is 6.77. The Morgan fingerprint density at radius 2 is 2.17 bits per heavy atom. The molecule has 0 aliphatic carbocycles. The van der Waals surface area contributed by atoms with Gasteiger partial charge in [-0.15, -0.1) is 4.28 Å². The molecule has 12 heteroatoms. The number of hydroxylamine groups is 2. The zero-order valence-electron chi connectivity index (χ0n) is 12.3. The van der Waals surface area contributed by atoms with E-state index < -0.39 is 28.5 Å². The first kappa shape index (κ1) is 16.4. The van der Waals surface area contributed by atoms with Crippen molar-refractivity contribution >= 4 is 22.3 Å². The number of carbonyl (C=O) groups is 2. The smallest absolute Gasteiger partial charge is 0.309 e. The van der Waals surface area contributed by atoms with Crippen molar-refractivity contribution in [2.45, 2.75) is 31.3 Å². The molecule has 0 radical (unpaired) electrons. The van der Waals surface area contributed by atoms with E-state index in [2.05, 4.69) is 15.0 Å². The number of hydrogen-bond donors (Lipinski definition) is 3. The van der Waals surface area contributed by atoms with Crippen molar-refractivity contribution in [1.29, 1.82) is 0 Å². The Hall–Kier alpha value is -1.47. The molecule has 3 heterocycles. The minimum atomic E-state index is -4.78. The van der Waals surface area contributed by atoms with Crippen molar-refractivity contribution in [3.8, 4) is 0 Å². The normalized spacial score (nSPS) is 29.0. The minimum absolute atomic E-state index is 0.185. The summed E-state index contributed by atoms with van der Waals surface area (Å²) in [4.78, 5) is 25.9. The van der Waals surface area contributed by atoms with Gasteiger partial charge >= 0.3 is 16.4 Å². The van der Waals surface area contributed by atoms with Crippen LogP contribution >= 0.6 is 0 Å². The van der Waals surface area contributed by atoms with Gasteiger partial charge in [0.2, 0.25) is 0 Å². The lowest BCUT2D eigenvalue weighted by atomic mass is 10.0. The zero-order valence-corrected chi connectivity index (χ0v) is 13.2. The van der Waals surface area contributed by atoms with Gasteiger partial charge in [-0.3, -0.25) is 14.8 Å². The average Bonchev–Trinajstić information content (AvgIpc) is 2.72. The highest BCUT2D eigenvalue weighted by Crippen LogP contribution is 2.30. The quantitative estimate of drug-likeness (QED) is 0.511. The molecule has 23 heavy (non-hydrogen) atoms. The molecule has 3 N–H and O–H groups in total. The van der Waals surface area contributed by atoms with Crippen molar-refractivity contribution in [1.82, 2.24) is 25.7 Å². The van der Waals surface area contributed by atoms with Crippen LogP contribution in [0.5, 0.6) is 0 Å². The fourth-order valence-corrected chi connectivity index (χ4v) is 3.51. The third-order valence-electron chi connectivity index (χ3n) is 4.15. The number of hydrazine groups is 1. The maximum atomic E-state index is 12.4. The Bertz CT molecular complexity index is 592. The molecule has 3 aliphatic heterocycles. The number of rotatable bonds is 4. The molecule has 1 unspecified atom stereocenters. The van der Waals surface area contributed by atoms with Gasteiger partial charge in [0.25, 0.3) is 5.91 Å². The molecule has 3 aliphatic rings. The predicted octanol–water partition coefficient (Wildman–Crippen LogP) is -1.73. The number of amides is 3. The van der Waals surface area contributed by atoms with E-state index in [1.54, 1.807) is 5.01 Å². The molecule has 3 saturated heterocycles. The highest BCUT2D eigenvalue weighted by Gasteiger charge is 2.49. The summed E-state index contributed by atoms with van der Waals surface area (Å²) in [6.07, 6.45) is 1.72. The van der Waals surface area contributed by atoms with Crippen LogP contribution in [-0.4, -0.2) is 78.3 Å². The Kier molecular flexibility index (Phi) is 4.42. The third-order valence-corrected chi connectivity index (χ3v) is 4.50. The molecular formula is C11H19N5O6S. The van der Waals surface area contributed by atoms with Crippen LogP contribution in [0.3, 0.4) is 0 Å². The zero-order chi connectivity index (χ0) is 16.6. The molecule has 0 spiro atoms. The Morgan fingerprint density at radius 3 is 2.83 bits per heavy atom. The van der Waals surface area contributed by atoms with Crippen molar-refractivity contribution in [2.75, 3.05) is 26.3 Å². The average molecular weight is 349 g/mol. The lowest BCUT2D eigenvalue weighted by Crippen LogP contribution is -2.57. The van der Waals surface area contributed by atoms with E-state index in [1.165, 1.54) is 4.90 Å². The molecule has 3 amide bonds. The van der Waals surface area contributed by atoms with E-state index in [0.717, 1.165) is 19.5 Å². The molecule has 0 aromatic carbocycles. The summed E-state index contributed by atoms with van der Waals surface area (Å²) >= 11 is 0. The monoisotopic (exact) mass is 349 g/mol. The van der Waals surface area contributed by atoms with Crippen molar-refractivity contribution in [3.63, 3.8) is 0 Å². The number of hydrogen-bond acceptors (Lipinski definition) is 7. The summed E-state index contributed by atoms with van der Waals surface area (Å²) in [5.41, 5.74) is 2.77. The molecule has 0 aromatic heterocycles. The summed E-state index contributed by atoms with van der Waals surface area (Å²) in [7, 11) is -4.78. The first-order valence-corrected chi connectivity index (χ1v) is 8.74. The predicted molar refractivity (Wildman–Crippen MR) is 75.7 cm³/mol. The summed E-state index contributed by atoms with van der Waals surface area (Å²) in [6, 6.07) is -1.91. The highest BCUT2D eigenvalue weighted by atomic mass is 32.3. The van der Waals surface area contributed by atoms with Crippen LogP contribution in [0.4, 0.5) is 4.79 Å². The van der Waals surface area contributed by atoms with E-state index in [4.69, 9.17) is 4.55 Å². The summed E-state index contributed by atoms with van der Waals surface area (Å²) < 4.78 is 34.7. The first-order valence-electron chi connectivity index (χ1n) is 7.38. The summed E-state index contributed by atoms with van der Waals surface area (Å²) in [6.45, 7) is 2.34. The van der Waals surface area contributed by atoms with Crippen LogP contribution in [0.2, 0.25) is 0 Å². The van der Waals surface area contributed by atoms with Crippen LogP contribution in [0.25, 0.3) is 0 Å². The van der Waals surface area contributed by atoms with E-state index in [-0.39, 0.29) is 12.5 Å². The van der Waals surface area contributed by atoms with Gasteiger partial charge < -0.3 is 10.2 Å². The van der Waals surface area contributed by atoms with Crippen LogP contribution in [0.15, 0.2) is 0 Å². The molecule has 0 aromatic rings. The number of piperidine rings is 1. The van der Waals surface area contributed by atoms with Crippen molar-refractivity contribution in [3.05, 3.63) is 0 Å².